The fourth-order valence-corrected chi connectivity index (χ4v) is 4.16. The van der Waals surface area contributed by atoms with E-state index < -0.39 is 0 Å². The maximum Gasteiger partial charge on any atom is 0.172 e. The molecule has 8 heteroatoms. The first-order chi connectivity index (χ1) is 14.6. The molecule has 30 heavy (non-hydrogen) atoms. The second kappa shape index (κ2) is 7.66. The summed E-state index contributed by atoms with van der Waals surface area (Å²) in [5, 5.41) is 2.00. The number of hydrogen-bond donors (Lipinski definition) is 1. The minimum atomic E-state index is -0.325. The number of para-hydroxylation sites is 1. The molecule has 0 amide bonds. The molecule has 1 aliphatic rings. The van der Waals surface area contributed by atoms with E-state index in [1.807, 2.05) is 35.2 Å². The van der Waals surface area contributed by atoms with Gasteiger partial charge in [-0.15, -0.1) is 0 Å². The normalized spacial score (nSPS) is 15.2. The molecule has 2 aromatic carbocycles. The zero-order valence-corrected chi connectivity index (χ0v) is 17.0. The summed E-state index contributed by atoms with van der Waals surface area (Å²) in [6, 6.07) is 13.0. The van der Waals surface area contributed by atoms with E-state index >= 15 is 4.39 Å². The minimum absolute atomic E-state index is 0.308. The summed E-state index contributed by atoms with van der Waals surface area (Å²) < 4.78 is 15.1. The predicted octanol–water partition coefficient (Wildman–Crippen LogP) is 3.87. The van der Waals surface area contributed by atoms with E-state index in [1.54, 1.807) is 12.1 Å². The van der Waals surface area contributed by atoms with Crippen molar-refractivity contribution in [3.8, 4) is 0 Å². The average Bonchev–Trinajstić information content (AvgIpc) is 2.75. The summed E-state index contributed by atoms with van der Waals surface area (Å²) in [5.74, 6) is 0.878. The number of halogens is 2. The van der Waals surface area contributed by atoms with Crippen LogP contribution in [0.1, 0.15) is 5.82 Å². The van der Waals surface area contributed by atoms with E-state index in [9.17, 15) is 0 Å². The highest BCUT2D eigenvalue weighted by atomic mass is 35.5. The Bertz CT molecular complexity index is 1240. The Morgan fingerprint density at radius 2 is 1.77 bits per heavy atom. The van der Waals surface area contributed by atoms with E-state index in [4.69, 9.17) is 17.3 Å². The van der Waals surface area contributed by atoms with Crippen LogP contribution >= 0.6 is 11.6 Å². The first kappa shape index (κ1) is 19.0. The van der Waals surface area contributed by atoms with Crippen LogP contribution in [0.2, 0.25) is 5.02 Å². The third-order valence-electron chi connectivity index (χ3n) is 5.53. The number of nitrogens with zero attached hydrogens (tertiary/aromatic N) is 5. The molecule has 1 fully saturated rings. The smallest absolute Gasteiger partial charge is 0.172 e. The van der Waals surface area contributed by atoms with Crippen LogP contribution < -0.4 is 10.6 Å². The Morgan fingerprint density at radius 1 is 0.967 bits per heavy atom. The monoisotopic (exact) mass is 422 g/mol. The number of nitrogens with two attached hydrogens (primary N) is 1. The predicted molar refractivity (Wildman–Crippen MR) is 118 cm³/mol. The summed E-state index contributed by atoms with van der Waals surface area (Å²) in [7, 11) is 0. The molecule has 6 nitrogen and oxygen atoms in total. The molecule has 0 saturated carbocycles. The minimum Gasteiger partial charge on any atom is -0.383 e. The van der Waals surface area contributed by atoms with E-state index in [0.29, 0.717) is 52.9 Å². The van der Waals surface area contributed by atoms with Gasteiger partial charge in [-0.05, 0) is 30.3 Å². The molecular weight excluding hydrogens is 403 g/mol. The molecule has 1 aliphatic heterocycles. The zero-order valence-electron chi connectivity index (χ0n) is 16.2. The van der Waals surface area contributed by atoms with E-state index in [-0.39, 0.29) is 5.82 Å². The van der Waals surface area contributed by atoms with Crippen LogP contribution in [-0.4, -0.2) is 46.0 Å². The summed E-state index contributed by atoms with van der Waals surface area (Å²) in [6.45, 7) is 3.56. The first-order valence-corrected chi connectivity index (χ1v) is 10.2. The van der Waals surface area contributed by atoms with Crippen molar-refractivity contribution in [3.63, 3.8) is 0 Å². The van der Waals surface area contributed by atoms with Gasteiger partial charge in [0, 0.05) is 43.1 Å². The lowest BCUT2D eigenvalue weighted by Crippen LogP contribution is -2.46. The van der Waals surface area contributed by atoms with Crippen LogP contribution in [0.4, 0.5) is 15.9 Å². The average molecular weight is 423 g/mol. The van der Waals surface area contributed by atoms with E-state index in [1.165, 1.54) is 6.20 Å². The molecule has 2 N–H and O–H groups in total. The molecule has 5 rings (SSSR count). The number of anilines is 2. The van der Waals surface area contributed by atoms with Gasteiger partial charge in [0.05, 0.1) is 22.8 Å². The Morgan fingerprint density at radius 3 is 2.60 bits per heavy atom. The molecule has 0 aliphatic carbocycles. The molecule has 3 heterocycles. The van der Waals surface area contributed by atoms with Crippen LogP contribution in [-0.2, 0) is 6.54 Å². The molecule has 0 spiro atoms. The fourth-order valence-electron chi connectivity index (χ4n) is 3.95. The number of aromatic nitrogens is 3. The Labute approximate surface area is 178 Å². The van der Waals surface area contributed by atoms with Gasteiger partial charge in [-0.3, -0.25) is 9.88 Å². The second-order valence-corrected chi connectivity index (χ2v) is 7.80. The van der Waals surface area contributed by atoms with Gasteiger partial charge in [-0.1, -0.05) is 23.7 Å². The van der Waals surface area contributed by atoms with Crippen molar-refractivity contribution >= 4 is 44.9 Å². The fraction of sp³-hybridized carbons (Fsp3) is 0.227. The van der Waals surface area contributed by atoms with Gasteiger partial charge in [0.1, 0.15) is 17.2 Å². The maximum absolute atomic E-state index is 15.1. The van der Waals surface area contributed by atoms with Crippen molar-refractivity contribution in [1.82, 2.24) is 19.9 Å². The topological polar surface area (TPSA) is 71.2 Å². The molecule has 1 saturated heterocycles. The van der Waals surface area contributed by atoms with Gasteiger partial charge >= 0.3 is 0 Å². The Hall–Kier alpha value is -3.03. The van der Waals surface area contributed by atoms with Crippen LogP contribution in [0, 0.1) is 5.82 Å². The number of benzene rings is 2. The largest absolute Gasteiger partial charge is 0.383 e. The van der Waals surface area contributed by atoms with Gasteiger partial charge in [0.25, 0.3) is 0 Å². The van der Waals surface area contributed by atoms with Crippen molar-refractivity contribution in [2.45, 2.75) is 6.54 Å². The number of hydrogen-bond acceptors (Lipinski definition) is 6. The van der Waals surface area contributed by atoms with Crippen molar-refractivity contribution < 1.29 is 4.39 Å². The van der Waals surface area contributed by atoms with Crippen LogP contribution in [0.25, 0.3) is 21.8 Å². The van der Waals surface area contributed by atoms with Crippen molar-refractivity contribution in [2.75, 3.05) is 36.8 Å². The van der Waals surface area contributed by atoms with Gasteiger partial charge in [-0.25, -0.2) is 14.4 Å². The van der Waals surface area contributed by atoms with E-state index in [0.717, 1.165) is 24.0 Å². The number of rotatable bonds is 3. The highest BCUT2D eigenvalue weighted by molar-refractivity contribution is 6.35. The van der Waals surface area contributed by atoms with Crippen molar-refractivity contribution in [1.29, 1.82) is 0 Å². The molecule has 0 unspecified atom stereocenters. The molecule has 0 bridgehead atoms. The molecular formula is C22H20ClFN6. The number of piperazine rings is 1. The molecule has 4 aromatic rings. The highest BCUT2D eigenvalue weighted by Gasteiger charge is 2.22. The lowest BCUT2D eigenvalue weighted by Gasteiger charge is -2.36. The Balaban J connectivity index is 1.31. The molecule has 0 atom stereocenters. The van der Waals surface area contributed by atoms with Crippen LogP contribution in [0.15, 0.2) is 48.7 Å². The molecule has 2 aromatic heterocycles. The zero-order chi connectivity index (χ0) is 20.7. The summed E-state index contributed by atoms with van der Waals surface area (Å²) in [4.78, 5) is 17.6. The van der Waals surface area contributed by atoms with E-state index in [2.05, 4.69) is 19.9 Å². The highest BCUT2D eigenvalue weighted by Crippen LogP contribution is 2.30. The van der Waals surface area contributed by atoms with Crippen molar-refractivity contribution in [2.24, 2.45) is 0 Å². The Kier molecular flexibility index (Phi) is 4.84. The third-order valence-corrected chi connectivity index (χ3v) is 5.86. The molecule has 152 valence electrons. The maximum atomic E-state index is 15.1. The van der Waals surface area contributed by atoms with Crippen molar-refractivity contribution in [3.05, 3.63) is 65.3 Å². The van der Waals surface area contributed by atoms with Crippen LogP contribution in [0.5, 0.6) is 0 Å². The van der Waals surface area contributed by atoms with Crippen LogP contribution in [0.3, 0.4) is 0 Å². The number of pyridine rings is 1. The number of nitrogen functional groups attached to an aromatic ring is 1. The SMILES string of the molecule is Nc1nc(CN2CCN(c3ccc4c(Cl)ccnc4c3F)CC2)nc2ccccc12. The second-order valence-electron chi connectivity index (χ2n) is 7.39. The summed E-state index contributed by atoms with van der Waals surface area (Å²) >= 11 is 6.16. The first-order valence-electron chi connectivity index (χ1n) is 9.81. The quantitative estimate of drug-likeness (QED) is 0.540. The van der Waals surface area contributed by atoms with Gasteiger partial charge in [-0.2, -0.15) is 0 Å². The third kappa shape index (κ3) is 3.40. The lowest BCUT2D eigenvalue weighted by molar-refractivity contribution is 0.244. The molecule has 0 radical (unpaired) electrons. The summed E-state index contributed by atoms with van der Waals surface area (Å²) in [6.07, 6.45) is 1.53. The van der Waals surface area contributed by atoms with Gasteiger partial charge in [0.2, 0.25) is 0 Å². The lowest BCUT2D eigenvalue weighted by atomic mass is 10.1. The standard InChI is InChI=1S/C22H20ClFN6/c23-16-7-8-26-21-14(16)5-6-18(20(21)24)30-11-9-29(10-12-30)13-19-27-17-4-2-1-3-15(17)22(25)28-19/h1-8H,9-13H2,(H2,25,27,28). The van der Waals surface area contributed by atoms with Gasteiger partial charge in [0.15, 0.2) is 5.82 Å². The summed E-state index contributed by atoms with van der Waals surface area (Å²) in [5.41, 5.74) is 7.81. The number of fused-ring (bicyclic) bond motifs is 2. The van der Waals surface area contributed by atoms with Gasteiger partial charge < -0.3 is 10.6 Å².